The predicted molar refractivity (Wildman–Crippen MR) is 84.8 cm³/mol. The molecule has 0 spiro atoms. The highest BCUT2D eigenvalue weighted by Gasteiger charge is 2.27. The first kappa shape index (κ1) is 15.2. The molecule has 6 heteroatoms. The summed E-state index contributed by atoms with van der Waals surface area (Å²) in [5.74, 6) is 1.80. The average molecular weight is 319 g/mol. The third-order valence-corrected chi connectivity index (χ3v) is 5.01. The molecule has 1 saturated heterocycles. The number of rotatable bonds is 5. The molecule has 3 rings (SSSR count). The summed E-state index contributed by atoms with van der Waals surface area (Å²) in [5, 5.41) is 6.09. The molecule has 0 aromatic carbocycles. The van der Waals surface area contributed by atoms with Crippen molar-refractivity contribution >= 4 is 17.2 Å². The summed E-state index contributed by atoms with van der Waals surface area (Å²) in [4.78, 5) is 20.0. The van der Waals surface area contributed by atoms with E-state index < -0.39 is 0 Å². The number of amides is 1. The Morgan fingerprint density at radius 1 is 1.55 bits per heavy atom. The Labute approximate surface area is 134 Å². The molecule has 1 aliphatic rings. The van der Waals surface area contributed by atoms with Crippen LogP contribution in [0, 0.1) is 6.92 Å². The first-order valence-electron chi connectivity index (χ1n) is 7.83. The lowest BCUT2D eigenvalue weighted by atomic mass is 9.97. The molecule has 22 heavy (non-hydrogen) atoms. The summed E-state index contributed by atoms with van der Waals surface area (Å²) >= 11 is 1.76. The smallest absolute Gasteiger partial charge is 0.223 e. The summed E-state index contributed by atoms with van der Waals surface area (Å²) in [6.07, 6.45) is 4.56. The van der Waals surface area contributed by atoms with E-state index in [0.717, 1.165) is 44.6 Å². The summed E-state index contributed by atoms with van der Waals surface area (Å²) in [6, 6.07) is 4.19. The van der Waals surface area contributed by atoms with E-state index in [9.17, 15) is 4.79 Å². The van der Waals surface area contributed by atoms with E-state index in [1.54, 1.807) is 18.3 Å². The third-order valence-electron chi connectivity index (χ3n) is 4.08. The van der Waals surface area contributed by atoms with Crippen molar-refractivity contribution in [3.05, 3.63) is 34.1 Å². The van der Waals surface area contributed by atoms with Crippen LogP contribution in [-0.4, -0.2) is 34.0 Å². The van der Waals surface area contributed by atoms with Crippen LogP contribution < -0.4 is 0 Å². The van der Waals surface area contributed by atoms with E-state index in [0.29, 0.717) is 12.3 Å². The van der Waals surface area contributed by atoms with E-state index >= 15 is 0 Å². The molecule has 2 aromatic heterocycles. The van der Waals surface area contributed by atoms with Crippen LogP contribution in [0.2, 0.25) is 0 Å². The van der Waals surface area contributed by atoms with Crippen molar-refractivity contribution in [2.45, 2.75) is 44.9 Å². The first-order valence-corrected chi connectivity index (χ1v) is 8.70. The van der Waals surface area contributed by atoms with Gasteiger partial charge in [-0.15, -0.1) is 11.3 Å². The topological polar surface area (TPSA) is 59.2 Å². The van der Waals surface area contributed by atoms with Crippen LogP contribution in [0.15, 0.2) is 22.0 Å². The Bertz CT molecular complexity index is 609. The van der Waals surface area contributed by atoms with Crippen molar-refractivity contribution in [3.63, 3.8) is 0 Å². The van der Waals surface area contributed by atoms with Crippen molar-refractivity contribution in [3.8, 4) is 0 Å². The highest BCUT2D eigenvalue weighted by molar-refractivity contribution is 7.09. The minimum Gasteiger partial charge on any atom is -0.342 e. The number of likely N-dealkylation sites (tertiary alicyclic amines) is 1. The number of hydrogen-bond donors (Lipinski definition) is 0. The fourth-order valence-electron chi connectivity index (χ4n) is 2.92. The Balaban J connectivity index is 1.49. The van der Waals surface area contributed by atoms with Gasteiger partial charge in [-0.25, -0.2) is 0 Å². The molecular weight excluding hydrogens is 298 g/mol. The minimum absolute atomic E-state index is 0.215. The van der Waals surface area contributed by atoms with Crippen LogP contribution in [0.5, 0.6) is 0 Å². The number of nitrogens with zero attached hydrogens (tertiary/aromatic N) is 3. The molecule has 3 heterocycles. The van der Waals surface area contributed by atoms with Gasteiger partial charge >= 0.3 is 0 Å². The van der Waals surface area contributed by atoms with E-state index in [1.807, 2.05) is 4.90 Å². The van der Waals surface area contributed by atoms with Crippen LogP contribution >= 0.6 is 11.3 Å². The maximum absolute atomic E-state index is 12.4. The number of aryl methyl sites for hydroxylation is 2. The van der Waals surface area contributed by atoms with Gasteiger partial charge in [-0.1, -0.05) is 11.2 Å². The molecule has 1 aliphatic heterocycles. The maximum atomic E-state index is 12.4. The van der Waals surface area contributed by atoms with Crippen LogP contribution in [-0.2, 0) is 11.2 Å². The van der Waals surface area contributed by atoms with Crippen LogP contribution in [0.4, 0.5) is 0 Å². The number of carbonyl (C=O) groups excluding carboxylic acids is 1. The van der Waals surface area contributed by atoms with Gasteiger partial charge in [0.05, 0.1) is 0 Å². The van der Waals surface area contributed by atoms with Crippen molar-refractivity contribution < 1.29 is 9.32 Å². The van der Waals surface area contributed by atoms with Gasteiger partial charge in [-0.3, -0.25) is 4.79 Å². The monoisotopic (exact) mass is 319 g/mol. The minimum atomic E-state index is 0.215. The second kappa shape index (κ2) is 7.05. The van der Waals surface area contributed by atoms with Gasteiger partial charge in [-0.05, 0) is 37.1 Å². The zero-order valence-electron chi connectivity index (χ0n) is 12.8. The standard InChI is InChI=1S/C16H21N3O2S/c1-12-17-16(18-21-12)13-5-3-9-19(11-13)15(20)8-2-6-14-7-4-10-22-14/h4,7,10,13H,2-3,5-6,8-9,11H2,1H3/t13-/m1/s1. The Hall–Kier alpha value is -1.69. The largest absolute Gasteiger partial charge is 0.342 e. The van der Waals surface area contributed by atoms with Crippen molar-refractivity contribution in [1.29, 1.82) is 0 Å². The fraction of sp³-hybridized carbons (Fsp3) is 0.562. The lowest BCUT2D eigenvalue weighted by Crippen LogP contribution is -2.39. The zero-order valence-corrected chi connectivity index (χ0v) is 13.6. The summed E-state index contributed by atoms with van der Waals surface area (Å²) in [5.41, 5.74) is 0. The normalized spacial score (nSPS) is 18.6. The molecule has 2 aromatic rings. The number of piperidine rings is 1. The lowest BCUT2D eigenvalue weighted by molar-refractivity contribution is -0.132. The van der Waals surface area contributed by atoms with E-state index in [-0.39, 0.29) is 11.8 Å². The van der Waals surface area contributed by atoms with Gasteiger partial charge in [-0.2, -0.15) is 4.98 Å². The molecule has 1 amide bonds. The summed E-state index contributed by atoms with van der Waals surface area (Å²) in [6.45, 7) is 3.37. The Morgan fingerprint density at radius 3 is 3.18 bits per heavy atom. The third kappa shape index (κ3) is 3.74. The molecule has 0 unspecified atom stereocenters. The number of aromatic nitrogens is 2. The van der Waals surface area contributed by atoms with Crippen molar-refractivity contribution in [1.82, 2.24) is 15.0 Å². The zero-order chi connectivity index (χ0) is 15.4. The van der Waals surface area contributed by atoms with Gasteiger partial charge in [0.25, 0.3) is 0 Å². The van der Waals surface area contributed by atoms with Crippen molar-refractivity contribution in [2.24, 2.45) is 0 Å². The summed E-state index contributed by atoms with van der Waals surface area (Å²) in [7, 11) is 0. The van der Waals surface area contributed by atoms with Gasteiger partial charge in [0.15, 0.2) is 5.82 Å². The molecular formula is C16H21N3O2S. The molecule has 0 N–H and O–H groups in total. The highest BCUT2D eigenvalue weighted by atomic mass is 32.1. The average Bonchev–Trinajstić information content (AvgIpc) is 3.19. The molecule has 118 valence electrons. The molecule has 0 aliphatic carbocycles. The Kier molecular flexibility index (Phi) is 4.87. The van der Waals surface area contributed by atoms with E-state index in [1.165, 1.54) is 4.88 Å². The van der Waals surface area contributed by atoms with Gasteiger partial charge < -0.3 is 9.42 Å². The van der Waals surface area contributed by atoms with Crippen molar-refractivity contribution in [2.75, 3.05) is 13.1 Å². The number of thiophene rings is 1. The number of carbonyl (C=O) groups is 1. The van der Waals surface area contributed by atoms with Gasteiger partial charge in [0, 0.05) is 37.2 Å². The van der Waals surface area contributed by atoms with Crippen LogP contribution in [0.3, 0.4) is 0 Å². The second-order valence-corrected chi connectivity index (χ2v) is 6.82. The summed E-state index contributed by atoms with van der Waals surface area (Å²) < 4.78 is 5.06. The van der Waals surface area contributed by atoms with E-state index in [2.05, 4.69) is 27.7 Å². The molecule has 0 radical (unpaired) electrons. The van der Waals surface area contributed by atoms with E-state index in [4.69, 9.17) is 4.52 Å². The Morgan fingerprint density at radius 2 is 2.45 bits per heavy atom. The molecule has 0 bridgehead atoms. The first-order chi connectivity index (χ1) is 10.7. The van der Waals surface area contributed by atoms with Gasteiger partial charge in [0.2, 0.25) is 11.8 Å². The molecule has 0 saturated carbocycles. The maximum Gasteiger partial charge on any atom is 0.223 e. The van der Waals surface area contributed by atoms with Crippen LogP contribution in [0.25, 0.3) is 0 Å². The van der Waals surface area contributed by atoms with Crippen LogP contribution in [0.1, 0.15) is 48.2 Å². The fourth-order valence-corrected chi connectivity index (χ4v) is 3.67. The number of hydrogen-bond acceptors (Lipinski definition) is 5. The molecule has 5 nitrogen and oxygen atoms in total. The van der Waals surface area contributed by atoms with Gasteiger partial charge in [0.1, 0.15) is 0 Å². The molecule has 1 atom stereocenters. The quantitative estimate of drug-likeness (QED) is 0.849. The molecule has 1 fully saturated rings. The SMILES string of the molecule is Cc1nc([C@@H]2CCCN(C(=O)CCCc3cccs3)C2)no1. The second-order valence-electron chi connectivity index (χ2n) is 5.78. The predicted octanol–water partition coefficient (Wildman–Crippen LogP) is 3.17. The lowest BCUT2D eigenvalue weighted by Gasteiger charge is -2.31. The highest BCUT2D eigenvalue weighted by Crippen LogP contribution is 2.25.